The molecule has 0 atom stereocenters. The highest BCUT2D eigenvalue weighted by Gasteiger charge is 2.14. The molecule has 6 nitrogen and oxygen atoms in total. The maximum atomic E-state index is 11.8. The van der Waals surface area contributed by atoms with Crippen molar-refractivity contribution < 1.29 is 14.3 Å². The van der Waals surface area contributed by atoms with Gasteiger partial charge in [0.2, 0.25) is 0 Å². The van der Waals surface area contributed by atoms with Crippen LogP contribution in [0.1, 0.15) is 20.7 Å². The lowest BCUT2D eigenvalue weighted by atomic mass is 10.1. The number of H-pyrrole nitrogens is 1. The normalized spacial score (nSPS) is 9.83. The minimum Gasteiger partial charge on any atom is -0.465 e. The summed E-state index contributed by atoms with van der Waals surface area (Å²) in [5.41, 5.74) is 1.09. The van der Waals surface area contributed by atoms with Crippen LogP contribution in [0, 0.1) is 0 Å². The summed E-state index contributed by atoms with van der Waals surface area (Å²) in [6, 6.07) is 6.62. The van der Waals surface area contributed by atoms with E-state index in [1.165, 1.54) is 19.5 Å². The third-order valence-electron chi connectivity index (χ3n) is 2.34. The number of methoxy groups -OCH3 is 1. The summed E-state index contributed by atoms with van der Waals surface area (Å²) in [6.07, 6.45) is 2.87. The van der Waals surface area contributed by atoms with Crippen molar-refractivity contribution in [2.45, 2.75) is 0 Å². The molecule has 6 heteroatoms. The van der Waals surface area contributed by atoms with E-state index in [4.69, 9.17) is 0 Å². The van der Waals surface area contributed by atoms with Gasteiger partial charge in [-0.15, -0.1) is 0 Å². The summed E-state index contributed by atoms with van der Waals surface area (Å²) in [5, 5.41) is 8.85. The minimum absolute atomic E-state index is 0.303. The highest BCUT2D eigenvalue weighted by Crippen LogP contribution is 2.16. The molecular weight excluding hydrogens is 234 g/mol. The molecule has 1 heterocycles. The van der Waals surface area contributed by atoms with Crippen molar-refractivity contribution in [1.82, 2.24) is 10.2 Å². The Labute approximate surface area is 103 Å². The number of amides is 1. The molecule has 1 aromatic heterocycles. The smallest absolute Gasteiger partial charge is 0.339 e. The molecular formula is C12H11N3O3. The SMILES string of the molecule is COC(=O)c1ccccc1NC(=O)c1cn[nH]c1. The molecule has 1 aromatic carbocycles. The summed E-state index contributed by atoms with van der Waals surface area (Å²) < 4.78 is 4.64. The fourth-order valence-electron chi connectivity index (χ4n) is 1.45. The average molecular weight is 245 g/mol. The molecule has 0 aliphatic heterocycles. The molecule has 18 heavy (non-hydrogen) atoms. The number of carbonyl (C=O) groups is 2. The van der Waals surface area contributed by atoms with Gasteiger partial charge in [0, 0.05) is 6.20 Å². The molecule has 0 aliphatic carbocycles. The van der Waals surface area contributed by atoms with Gasteiger partial charge in [-0.3, -0.25) is 9.89 Å². The van der Waals surface area contributed by atoms with Crippen molar-refractivity contribution in [3.05, 3.63) is 47.8 Å². The van der Waals surface area contributed by atoms with Gasteiger partial charge in [0.15, 0.2) is 0 Å². The van der Waals surface area contributed by atoms with Gasteiger partial charge in [0.25, 0.3) is 5.91 Å². The van der Waals surface area contributed by atoms with Gasteiger partial charge in [-0.2, -0.15) is 5.10 Å². The number of carbonyl (C=O) groups excluding carboxylic acids is 2. The second-order valence-electron chi connectivity index (χ2n) is 3.48. The molecule has 0 saturated carbocycles. The van der Waals surface area contributed by atoms with Gasteiger partial charge in [-0.05, 0) is 12.1 Å². The lowest BCUT2D eigenvalue weighted by Crippen LogP contribution is -2.14. The van der Waals surface area contributed by atoms with E-state index in [0.717, 1.165) is 0 Å². The molecule has 0 aliphatic rings. The molecule has 0 bridgehead atoms. The molecule has 0 unspecified atom stereocenters. The topological polar surface area (TPSA) is 84.1 Å². The van der Waals surface area contributed by atoms with Crippen LogP contribution < -0.4 is 5.32 Å². The summed E-state index contributed by atoms with van der Waals surface area (Å²) in [4.78, 5) is 23.3. The number of hydrogen-bond donors (Lipinski definition) is 2. The van der Waals surface area contributed by atoms with Crippen LogP contribution in [0.3, 0.4) is 0 Å². The first kappa shape index (κ1) is 11.8. The standard InChI is InChI=1S/C12H11N3O3/c1-18-12(17)9-4-2-3-5-10(9)15-11(16)8-6-13-14-7-8/h2-7H,1H3,(H,13,14)(H,15,16). The van der Waals surface area contributed by atoms with Crippen molar-refractivity contribution in [1.29, 1.82) is 0 Å². The maximum absolute atomic E-state index is 11.8. The minimum atomic E-state index is -0.502. The lowest BCUT2D eigenvalue weighted by Gasteiger charge is -2.08. The number of aromatic nitrogens is 2. The first-order chi connectivity index (χ1) is 8.72. The Kier molecular flexibility index (Phi) is 3.38. The summed E-state index contributed by atoms with van der Waals surface area (Å²) in [5.74, 6) is -0.849. The van der Waals surface area contributed by atoms with E-state index >= 15 is 0 Å². The Morgan fingerprint density at radius 3 is 2.78 bits per heavy atom. The van der Waals surface area contributed by atoms with Crippen LogP contribution in [0.4, 0.5) is 5.69 Å². The third-order valence-corrected chi connectivity index (χ3v) is 2.34. The summed E-state index contributed by atoms with van der Waals surface area (Å²) in [7, 11) is 1.29. The molecule has 0 saturated heterocycles. The van der Waals surface area contributed by atoms with E-state index < -0.39 is 5.97 Å². The van der Waals surface area contributed by atoms with Crippen LogP contribution in [0.2, 0.25) is 0 Å². The third kappa shape index (κ3) is 2.37. The number of para-hydroxylation sites is 1. The van der Waals surface area contributed by atoms with Crippen molar-refractivity contribution in [3.63, 3.8) is 0 Å². The highest BCUT2D eigenvalue weighted by atomic mass is 16.5. The van der Waals surface area contributed by atoms with E-state index in [2.05, 4.69) is 20.3 Å². The molecule has 92 valence electrons. The Morgan fingerprint density at radius 2 is 2.11 bits per heavy atom. The lowest BCUT2D eigenvalue weighted by molar-refractivity contribution is 0.0602. The van der Waals surface area contributed by atoms with Crippen LogP contribution >= 0.6 is 0 Å². The van der Waals surface area contributed by atoms with Crippen LogP contribution in [-0.2, 0) is 4.74 Å². The van der Waals surface area contributed by atoms with E-state index in [-0.39, 0.29) is 5.91 Å². The van der Waals surface area contributed by atoms with Gasteiger partial charge in [0.1, 0.15) is 0 Å². The van der Waals surface area contributed by atoms with Gasteiger partial charge in [0.05, 0.1) is 30.1 Å². The molecule has 2 rings (SSSR count). The van der Waals surface area contributed by atoms with E-state index in [1.807, 2.05) is 0 Å². The highest BCUT2D eigenvalue weighted by molar-refractivity contribution is 6.07. The molecule has 0 fully saturated rings. The van der Waals surface area contributed by atoms with Crippen molar-refractivity contribution in [2.75, 3.05) is 12.4 Å². The second kappa shape index (κ2) is 5.13. The molecule has 2 N–H and O–H groups in total. The van der Waals surface area contributed by atoms with Crippen LogP contribution in [0.5, 0.6) is 0 Å². The van der Waals surface area contributed by atoms with E-state index in [9.17, 15) is 9.59 Å². The number of hydrogen-bond acceptors (Lipinski definition) is 4. The van der Waals surface area contributed by atoms with Gasteiger partial charge in [-0.1, -0.05) is 12.1 Å². The molecule has 0 radical (unpaired) electrons. The average Bonchev–Trinajstić information content (AvgIpc) is 2.92. The summed E-state index contributed by atoms with van der Waals surface area (Å²) in [6.45, 7) is 0. The number of nitrogens with one attached hydrogen (secondary N) is 2. The van der Waals surface area contributed by atoms with Gasteiger partial charge >= 0.3 is 5.97 Å². The van der Waals surface area contributed by atoms with Crippen LogP contribution in [-0.4, -0.2) is 29.2 Å². The fraction of sp³-hybridized carbons (Fsp3) is 0.0833. The fourth-order valence-corrected chi connectivity index (χ4v) is 1.45. The monoisotopic (exact) mass is 245 g/mol. The Bertz CT molecular complexity index is 564. The number of aromatic amines is 1. The quantitative estimate of drug-likeness (QED) is 0.801. The maximum Gasteiger partial charge on any atom is 0.339 e. The van der Waals surface area contributed by atoms with Crippen molar-refractivity contribution in [3.8, 4) is 0 Å². The number of ether oxygens (including phenoxy) is 1. The van der Waals surface area contributed by atoms with Gasteiger partial charge in [-0.25, -0.2) is 4.79 Å². The van der Waals surface area contributed by atoms with Crippen molar-refractivity contribution in [2.24, 2.45) is 0 Å². The zero-order chi connectivity index (χ0) is 13.0. The second-order valence-corrected chi connectivity index (χ2v) is 3.48. The predicted octanol–water partition coefficient (Wildman–Crippen LogP) is 1.45. The number of esters is 1. The number of benzene rings is 1. The molecule has 1 amide bonds. The Hall–Kier alpha value is -2.63. The van der Waals surface area contributed by atoms with E-state index in [1.54, 1.807) is 24.3 Å². The first-order valence-corrected chi connectivity index (χ1v) is 5.20. The number of nitrogens with zero attached hydrogens (tertiary/aromatic N) is 1. The predicted molar refractivity (Wildman–Crippen MR) is 64.3 cm³/mol. The first-order valence-electron chi connectivity index (χ1n) is 5.20. The van der Waals surface area contributed by atoms with Gasteiger partial charge < -0.3 is 10.1 Å². The number of anilines is 1. The zero-order valence-electron chi connectivity index (χ0n) is 9.64. The number of rotatable bonds is 3. The largest absolute Gasteiger partial charge is 0.465 e. The molecule has 2 aromatic rings. The van der Waals surface area contributed by atoms with Crippen molar-refractivity contribution >= 4 is 17.6 Å². The van der Waals surface area contributed by atoms with Crippen LogP contribution in [0.15, 0.2) is 36.7 Å². The Balaban J connectivity index is 2.24. The summed E-state index contributed by atoms with van der Waals surface area (Å²) >= 11 is 0. The molecule has 0 spiro atoms. The zero-order valence-corrected chi connectivity index (χ0v) is 9.64. The van der Waals surface area contributed by atoms with E-state index in [0.29, 0.717) is 16.8 Å². The Morgan fingerprint density at radius 1 is 1.33 bits per heavy atom. The van der Waals surface area contributed by atoms with Crippen LogP contribution in [0.25, 0.3) is 0 Å².